The number of hydrogen-bond acceptors (Lipinski definition) is 2. The van der Waals surface area contributed by atoms with E-state index in [-0.39, 0.29) is 6.03 Å². The van der Waals surface area contributed by atoms with Gasteiger partial charge in [-0.3, -0.25) is 5.10 Å². The highest BCUT2D eigenvalue weighted by Crippen LogP contribution is 1.99. The van der Waals surface area contributed by atoms with Gasteiger partial charge >= 0.3 is 6.03 Å². The van der Waals surface area contributed by atoms with E-state index in [9.17, 15) is 4.79 Å². The molecule has 0 atom stereocenters. The Balaban J connectivity index is 2.27. The molecule has 1 heterocycles. The molecule has 0 aliphatic heterocycles. The monoisotopic (exact) mass is 168 g/mol. The van der Waals surface area contributed by atoms with Gasteiger partial charge in [0.1, 0.15) is 0 Å². The molecule has 1 rings (SSSR count). The van der Waals surface area contributed by atoms with Crippen LogP contribution in [-0.2, 0) is 0 Å². The first-order chi connectivity index (χ1) is 5.83. The molecule has 0 aliphatic carbocycles. The lowest BCUT2D eigenvalue weighted by Crippen LogP contribution is -2.28. The van der Waals surface area contributed by atoms with Crippen LogP contribution in [0.3, 0.4) is 0 Å². The van der Waals surface area contributed by atoms with Gasteiger partial charge in [-0.15, -0.1) is 0 Å². The van der Waals surface area contributed by atoms with E-state index in [1.807, 2.05) is 6.92 Å². The molecule has 0 bridgehead atoms. The molecule has 2 amide bonds. The zero-order valence-corrected chi connectivity index (χ0v) is 6.92. The third kappa shape index (κ3) is 2.61. The first kappa shape index (κ1) is 8.58. The standard InChI is InChI=1S/C7H12N4O/c1-2-3-8-7(12)11-6-4-9-10-5-6/h4-5H,2-3H2,1H3,(H,9,10)(H2,8,11,12). The molecule has 0 spiro atoms. The summed E-state index contributed by atoms with van der Waals surface area (Å²) in [6, 6.07) is -0.196. The van der Waals surface area contributed by atoms with E-state index >= 15 is 0 Å². The number of carbonyl (C=O) groups excluding carboxylic acids is 1. The van der Waals surface area contributed by atoms with Crippen LogP contribution in [0.15, 0.2) is 12.4 Å². The Morgan fingerprint density at radius 1 is 1.75 bits per heavy atom. The number of nitrogens with zero attached hydrogens (tertiary/aromatic N) is 1. The summed E-state index contributed by atoms with van der Waals surface area (Å²) in [6.45, 7) is 2.68. The van der Waals surface area contributed by atoms with Gasteiger partial charge in [0, 0.05) is 12.7 Å². The highest BCUT2D eigenvalue weighted by atomic mass is 16.2. The number of nitrogens with one attached hydrogen (secondary N) is 3. The molecule has 0 unspecified atom stereocenters. The average molecular weight is 168 g/mol. The minimum Gasteiger partial charge on any atom is -0.338 e. The zero-order chi connectivity index (χ0) is 8.81. The molecule has 0 fully saturated rings. The van der Waals surface area contributed by atoms with Crippen LogP contribution in [0.2, 0.25) is 0 Å². The van der Waals surface area contributed by atoms with Gasteiger partial charge in [-0.05, 0) is 6.42 Å². The molecule has 3 N–H and O–H groups in total. The molecule has 0 aromatic carbocycles. The number of hydrogen-bond donors (Lipinski definition) is 3. The lowest BCUT2D eigenvalue weighted by molar-refractivity contribution is 0.252. The lowest BCUT2D eigenvalue weighted by Gasteiger charge is -2.02. The highest BCUT2D eigenvalue weighted by molar-refractivity contribution is 5.88. The number of carbonyl (C=O) groups is 1. The van der Waals surface area contributed by atoms with Crippen LogP contribution in [0.25, 0.3) is 0 Å². The second-order valence-electron chi connectivity index (χ2n) is 2.37. The third-order valence-corrected chi connectivity index (χ3v) is 1.29. The van der Waals surface area contributed by atoms with Crippen molar-refractivity contribution >= 4 is 11.7 Å². The van der Waals surface area contributed by atoms with Crippen molar-refractivity contribution in [2.45, 2.75) is 13.3 Å². The van der Waals surface area contributed by atoms with Crippen LogP contribution in [-0.4, -0.2) is 22.8 Å². The molecular weight excluding hydrogens is 156 g/mol. The normalized spacial score (nSPS) is 9.42. The van der Waals surface area contributed by atoms with Gasteiger partial charge in [-0.1, -0.05) is 6.92 Å². The Morgan fingerprint density at radius 2 is 2.58 bits per heavy atom. The fourth-order valence-electron chi connectivity index (χ4n) is 0.733. The zero-order valence-electron chi connectivity index (χ0n) is 6.92. The number of rotatable bonds is 3. The van der Waals surface area contributed by atoms with E-state index < -0.39 is 0 Å². The number of amides is 2. The van der Waals surface area contributed by atoms with Gasteiger partial charge in [0.25, 0.3) is 0 Å². The number of aromatic nitrogens is 2. The Labute approximate surface area is 70.5 Å². The van der Waals surface area contributed by atoms with Crippen LogP contribution in [0, 0.1) is 0 Å². The Bertz CT molecular complexity index is 232. The maximum absolute atomic E-state index is 11.0. The van der Waals surface area contributed by atoms with Crippen molar-refractivity contribution < 1.29 is 4.79 Å². The van der Waals surface area contributed by atoms with E-state index in [0.717, 1.165) is 6.42 Å². The third-order valence-electron chi connectivity index (χ3n) is 1.29. The maximum Gasteiger partial charge on any atom is 0.319 e. The molecule has 0 aliphatic rings. The lowest BCUT2D eigenvalue weighted by atomic mass is 10.5. The van der Waals surface area contributed by atoms with Gasteiger partial charge in [0.2, 0.25) is 0 Å². The van der Waals surface area contributed by atoms with Gasteiger partial charge in [0.05, 0.1) is 11.9 Å². The summed E-state index contributed by atoms with van der Waals surface area (Å²) >= 11 is 0. The van der Waals surface area contributed by atoms with Crippen molar-refractivity contribution in [1.82, 2.24) is 15.5 Å². The van der Waals surface area contributed by atoms with Crippen molar-refractivity contribution in [3.8, 4) is 0 Å². The quantitative estimate of drug-likeness (QED) is 0.628. The summed E-state index contributed by atoms with van der Waals surface area (Å²) in [5, 5.41) is 11.6. The summed E-state index contributed by atoms with van der Waals surface area (Å²) < 4.78 is 0. The van der Waals surface area contributed by atoms with Crippen LogP contribution >= 0.6 is 0 Å². The molecule has 1 aromatic rings. The number of urea groups is 1. The first-order valence-electron chi connectivity index (χ1n) is 3.86. The molecule has 0 saturated carbocycles. The number of H-pyrrole nitrogens is 1. The fraction of sp³-hybridized carbons (Fsp3) is 0.429. The summed E-state index contributed by atoms with van der Waals surface area (Å²) in [5.41, 5.74) is 0.670. The average Bonchev–Trinajstić information content (AvgIpc) is 2.53. The summed E-state index contributed by atoms with van der Waals surface area (Å²) in [5.74, 6) is 0. The second kappa shape index (κ2) is 4.38. The largest absolute Gasteiger partial charge is 0.338 e. The summed E-state index contributed by atoms with van der Waals surface area (Å²) in [7, 11) is 0. The molecule has 66 valence electrons. The van der Waals surface area contributed by atoms with Crippen LogP contribution < -0.4 is 10.6 Å². The Morgan fingerprint density at radius 3 is 3.17 bits per heavy atom. The van der Waals surface area contributed by atoms with Crippen molar-refractivity contribution in [3.63, 3.8) is 0 Å². The van der Waals surface area contributed by atoms with Gasteiger partial charge in [-0.2, -0.15) is 5.10 Å². The smallest absolute Gasteiger partial charge is 0.319 e. The summed E-state index contributed by atoms with van der Waals surface area (Å²) in [6.07, 6.45) is 4.09. The van der Waals surface area contributed by atoms with Crippen molar-refractivity contribution in [3.05, 3.63) is 12.4 Å². The van der Waals surface area contributed by atoms with Crippen LogP contribution in [0.4, 0.5) is 10.5 Å². The van der Waals surface area contributed by atoms with E-state index in [2.05, 4.69) is 20.8 Å². The van der Waals surface area contributed by atoms with Crippen molar-refractivity contribution in [1.29, 1.82) is 0 Å². The highest BCUT2D eigenvalue weighted by Gasteiger charge is 1.99. The Kier molecular flexibility index (Phi) is 3.13. The molecule has 5 heteroatoms. The first-order valence-corrected chi connectivity index (χ1v) is 3.86. The van der Waals surface area contributed by atoms with Crippen LogP contribution in [0.1, 0.15) is 13.3 Å². The predicted octanol–water partition coefficient (Wildman–Crippen LogP) is 0.941. The summed E-state index contributed by atoms with van der Waals surface area (Å²) in [4.78, 5) is 11.0. The van der Waals surface area contributed by atoms with Gasteiger partial charge < -0.3 is 10.6 Å². The van der Waals surface area contributed by atoms with Crippen molar-refractivity contribution in [2.24, 2.45) is 0 Å². The molecule has 5 nitrogen and oxygen atoms in total. The topological polar surface area (TPSA) is 69.8 Å². The molecule has 1 aromatic heterocycles. The van der Waals surface area contributed by atoms with Crippen molar-refractivity contribution in [2.75, 3.05) is 11.9 Å². The minimum atomic E-state index is -0.196. The Hall–Kier alpha value is -1.52. The second-order valence-corrected chi connectivity index (χ2v) is 2.37. The van der Waals surface area contributed by atoms with E-state index in [1.54, 1.807) is 12.4 Å². The molecule has 0 saturated heterocycles. The SMILES string of the molecule is CCCNC(=O)Nc1cn[nH]c1. The maximum atomic E-state index is 11.0. The fourth-order valence-corrected chi connectivity index (χ4v) is 0.733. The molecule has 0 radical (unpaired) electrons. The van der Waals surface area contributed by atoms with Gasteiger partial charge in [-0.25, -0.2) is 4.79 Å². The van der Waals surface area contributed by atoms with Crippen LogP contribution in [0.5, 0.6) is 0 Å². The van der Waals surface area contributed by atoms with E-state index in [1.165, 1.54) is 0 Å². The van der Waals surface area contributed by atoms with Gasteiger partial charge in [0.15, 0.2) is 0 Å². The molecule has 12 heavy (non-hydrogen) atoms. The number of anilines is 1. The minimum absolute atomic E-state index is 0.196. The molecular formula is C7H12N4O. The van der Waals surface area contributed by atoms with E-state index in [4.69, 9.17) is 0 Å². The predicted molar refractivity (Wildman–Crippen MR) is 45.9 cm³/mol. The van der Waals surface area contributed by atoms with E-state index in [0.29, 0.717) is 12.2 Å². The number of aromatic amines is 1.